The molecule has 2 rings (SSSR count). The van der Waals surface area contributed by atoms with Crippen LogP contribution in [0.1, 0.15) is 64.7 Å². The molecule has 1 aromatic heterocycles. The molecule has 0 aliphatic heterocycles. The lowest BCUT2D eigenvalue weighted by molar-refractivity contribution is -0.143. The number of benzene rings is 1. The maximum absolute atomic E-state index is 13.2. The molecule has 12 heteroatoms. The van der Waals surface area contributed by atoms with Crippen molar-refractivity contribution in [2.24, 2.45) is 0 Å². The molecule has 0 N–H and O–H groups in total. The zero-order valence-electron chi connectivity index (χ0n) is 17.5. The zero-order valence-corrected chi connectivity index (χ0v) is 18.3. The first-order chi connectivity index (χ1) is 14.5. The van der Waals surface area contributed by atoms with Crippen molar-refractivity contribution >= 4 is 23.2 Å². The monoisotopic (exact) mass is 482 g/mol. The summed E-state index contributed by atoms with van der Waals surface area (Å²) in [6.07, 6.45) is -10.2. The van der Waals surface area contributed by atoms with Gasteiger partial charge in [-0.05, 0) is 45.9 Å². The van der Waals surface area contributed by atoms with E-state index in [0.717, 1.165) is 16.2 Å². The summed E-state index contributed by atoms with van der Waals surface area (Å²) in [5.74, 6) is -1.72. The Kier molecular flexibility index (Phi) is 7.28. The molecule has 0 atom stereocenters. The number of hydrogen-bond donors (Lipinski definition) is 0. The largest absolute Gasteiger partial charge is 0.461 e. The van der Waals surface area contributed by atoms with Gasteiger partial charge in [0.2, 0.25) is 0 Å². The molecule has 5 nitrogen and oxygen atoms in total. The van der Waals surface area contributed by atoms with Gasteiger partial charge in [-0.15, -0.1) is 11.3 Å². The molecule has 0 aliphatic rings. The van der Waals surface area contributed by atoms with E-state index in [0.29, 0.717) is 12.1 Å². The van der Waals surface area contributed by atoms with E-state index in [-0.39, 0.29) is 29.9 Å². The average Bonchev–Trinajstić information content (AvgIpc) is 3.12. The number of nitrogens with zero attached hydrogens (tertiary/aromatic N) is 2. The molecule has 0 aliphatic carbocycles. The van der Waals surface area contributed by atoms with Crippen LogP contribution in [-0.2, 0) is 23.6 Å². The van der Waals surface area contributed by atoms with Gasteiger partial charge in [0.25, 0.3) is 5.91 Å². The number of ether oxygens (including phenoxy) is 1. The fourth-order valence-electron chi connectivity index (χ4n) is 2.67. The zero-order chi connectivity index (χ0) is 24.5. The van der Waals surface area contributed by atoms with Crippen molar-refractivity contribution < 1.29 is 40.7 Å². The predicted octanol–water partition coefficient (Wildman–Crippen LogP) is 5.80. The van der Waals surface area contributed by atoms with Gasteiger partial charge in [-0.1, -0.05) is 0 Å². The van der Waals surface area contributed by atoms with Crippen molar-refractivity contribution in [1.82, 2.24) is 9.88 Å². The van der Waals surface area contributed by atoms with Gasteiger partial charge in [0.1, 0.15) is 5.01 Å². The third-order valence-electron chi connectivity index (χ3n) is 4.22. The highest BCUT2D eigenvalue weighted by Gasteiger charge is 2.39. The summed E-state index contributed by atoms with van der Waals surface area (Å²) in [6.45, 7) is 6.21. The van der Waals surface area contributed by atoms with E-state index in [2.05, 4.69) is 4.98 Å². The number of aromatic nitrogens is 1. The van der Waals surface area contributed by atoms with Crippen LogP contribution in [0.25, 0.3) is 0 Å². The maximum atomic E-state index is 13.2. The standard InChI is InChI=1S/C20H20F6N2O3S/c1-5-31-17(30)14-10-32-15(27-14)9-28(18(2,3)4)16(29)11-6-12(19(21,22)23)8-13(7-11)20(24,25)26/h6-8,10H,5,9H2,1-4H3. The Morgan fingerprint density at radius 1 is 1.00 bits per heavy atom. The minimum Gasteiger partial charge on any atom is -0.461 e. The second kappa shape index (κ2) is 9.08. The second-order valence-electron chi connectivity index (χ2n) is 7.70. The number of carbonyl (C=O) groups excluding carboxylic acids is 2. The number of amides is 1. The van der Waals surface area contributed by atoms with E-state index in [9.17, 15) is 35.9 Å². The number of esters is 1. The quantitative estimate of drug-likeness (QED) is 0.399. The third kappa shape index (κ3) is 6.21. The molecule has 1 heterocycles. The van der Waals surface area contributed by atoms with Gasteiger partial charge < -0.3 is 9.64 Å². The molecule has 0 unspecified atom stereocenters. The minimum atomic E-state index is -5.08. The highest BCUT2D eigenvalue weighted by atomic mass is 32.1. The molecule has 0 fully saturated rings. The van der Waals surface area contributed by atoms with Gasteiger partial charge in [-0.3, -0.25) is 4.79 Å². The van der Waals surface area contributed by atoms with E-state index >= 15 is 0 Å². The fraction of sp³-hybridized carbons (Fsp3) is 0.450. The van der Waals surface area contributed by atoms with Gasteiger partial charge in [0.05, 0.1) is 24.3 Å². The highest BCUT2D eigenvalue weighted by molar-refractivity contribution is 7.09. The van der Waals surface area contributed by atoms with Crippen molar-refractivity contribution in [2.45, 2.75) is 52.1 Å². The molecule has 0 saturated heterocycles. The molecular formula is C20H20F6N2O3S. The van der Waals surface area contributed by atoms with Crippen LogP contribution in [0.15, 0.2) is 23.6 Å². The summed E-state index contributed by atoms with van der Waals surface area (Å²) in [4.78, 5) is 30.0. The summed E-state index contributed by atoms with van der Waals surface area (Å²) >= 11 is 1.01. The van der Waals surface area contributed by atoms with Crippen LogP contribution in [0, 0.1) is 0 Å². The van der Waals surface area contributed by atoms with Crippen LogP contribution in [-0.4, -0.2) is 33.9 Å². The number of alkyl halides is 6. The van der Waals surface area contributed by atoms with Crippen LogP contribution < -0.4 is 0 Å². The Bertz CT molecular complexity index is 960. The Morgan fingerprint density at radius 3 is 1.97 bits per heavy atom. The first-order valence-corrected chi connectivity index (χ1v) is 10.1. The van der Waals surface area contributed by atoms with Crippen LogP contribution in [0.5, 0.6) is 0 Å². The van der Waals surface area contributed by atoms with E-state index < -0.39 is 46.5 Å². The first kappa shape index (κ1) is 25.6. The van der Waals surface area contributed by atoms with E-state index in [4.69, 9.17) is 4.74 Å². The van der Waals surface area contributed by atoms with Crippen molar-refractivity contribution in [3.05, 3.63) is 51.0 Å². The lowest BCUT2D eigenvalue weighted by Gasteiger charge is -2.35. The number of thiazole rings is 1. The summed E-state index contributed by atoms with van der Waals surface area (Å²) in [5.41, 5.74) is -4.91. The van der Waals surface area contributed by atoms with Crippen molar-refractivity contribution in [3.8, 4) is 0 Å². The predicted molar refractivity (Wildman–Crippen MR) is 104 cm³/mol. The van der Waals surface area contributed by atoms with Gasteiger partial charge in [-0.2, -0.15) is 26.3 Å². The Labute approximate surface area is 184 Å². The lowest BCUT2D eigenvalue weighted by atomic mass is 10.0. The fourth-order valence-corrected chi connectivity index (χ4v) is 3.42. The molecule has 0 saturated carbocycles. The molecule has 0 bridgehead atoms. The van der Waals surface area contributed by atoms with Crippen LogP contribution >= 0.6 is 11.3 Å². The smallest absolute Gasteiger partial charge is 0.416 e. The van der Waals surface area contributed by atoms with Crippen molar-refractivity contribution in [2.75, 3.05) is 6.61 Å². The molecule has 2 aromatic rings. The molecule has 0 radical (unpaired) electrons. The van der Waals surface area contributed by atoms with Crippen LogP contribution in [0.2, 0.25) is 0 Å². The van der Waals surface area contributed by atoms with E-state index in [1.54, 1.807) is 27.7 Å². The molecule has 32 heavy (non-hydrogen) atoms. The van der Waals surface area contributed by atoms with Crippen LogP contribution in [0.4, 0.5) is 26.3 Å². The molecular weight excluding hydrogens is 462 g/mol. The second-order valence-corrected chi connectivity index (χ2v) is 8.65. The topological polar surface area (TPSA) is 59.5 Å². The molecule has 176 valence electrons. The van der Waals surface area contributed by atoms with Gasteiger partial charge in [-0.25, -0.2) is 9.78 Å². The van der Waals surface area contributed by atoms with E-state index in [1.165, 1.54) is 5.38 Å². The summed E-state index contributed by atoms with van der Waals surface area (Å²) in [7, 11) is 0. The SMILES string of the molecule is CCOC(=O)c1csc(CN(C(=O)c2cc(C(F)(F)F)cc(C(F)(F)F)c2)C(C)(C)C)n1. The van der Waals surface area contributed by atoms with Crippen molar-refractivity contribution in [1.29, 1.82) is 0 Å². The maximum Gasteiger partial charge on any atom is 0.416 e. The average molecular weight is 482 g/mol. The normalized spacial score (nSPS) is 12.6. The number of carbonyl (C=O) groups is 2. The number of halogens is 6. The Morgan fingerprint density at radius 2 is 1.53 bits per heavy atom. The van der Waals surface area contributed by atoms with Crippen LogP contribution in [0.3, 0.4) is 0 Å². The lowest BCUT2D eigenvalue weighted by Crippen LogP contribution is -2.45. The highest BCUT2D eigenvalue weighted by Crippen LogP contribution is 2.37. The Balaban J connectivity index is 2.47. The first-order valence-electron chi connectivity index (χ1n) is 9.27. The summed E-state index contributed by atoms with van der Waals surface area (Å²) < 4.78 is 83.9. The molecule has 0 spiro atoms. The van der Waals surface area contributed by atoms with E-state index in [1.807, 2.05) is 0 Å². The summed E-state index contributed by atoms with van der Waals surface area (Å²) in [5, 5.41) is 1.66. The molecule has 1 amide bonds. The van der Waals surface area contributed by atoms with Gasteiger partial charge >= 0.3 is 18.3 Å². The number of hydrogen-bond acceptors (Lipinski definition) is 5. The number of rotatable bonds is 5. The molecule has 1 aromatic carbocycles. The van der Waals surface area contributed by atoms with Crippen molar-refractivity contribution in [3.63, 3.8) is 0 Å². The summed E-state index contributed by atoms with van der Waals surface area (Å²) in [6, 6.07) is 0.745. The third-order valence-corrected chi connectivity index (χ3v) is 5.05. The Hall–Kier alpha value is -2.63. The minimum absolute atomic E-state index is 0.00779. The van der Waals surface area contributed by atoms with Gasteiger partial charge in [0, 0.05) is 16.5 Å². The van der Waals surface area contributed by atoms with Gasteiger partial charge in [0.15, 0.2) is 5.69 Å².